The summed E-state index contributed by atoms with van der Waals surface area (Å²) in [6, 6.07) is 1.45. The molecule has 1 aromatic heterocycles. The largest absolute Gasteiger partial charge is 0.476 e. The van der Waals surface area contributed by atoms with Gasteiger partial charge in [-0.3, -0.25) is 5.10 Å². The van der Waals surface area contributed by atoms with E-state index >= 15 is 0 Å². The molecule has 66 valence electrons. The molecule has 0 radical (unpaired) electrons. The van der Waals surface area contributed by atoms with E-state index in [0.717, 1.165) is 0 Å². The number of ether oxygens (including phenoxy) is 1. The van der Waals surface area contributed by atoms with Crippen LogP contribution in [0.1, 0.15) is 29.2 Å². The number of carboxylic acids is 1. The Morgan fingerprint density at radius 1 is 1.83 bits per heavy atom. The number of aromatic nitrogens is 2. The van der Waals surface area contributed by atoms with Crippen molar-refractivity contribution in [1.82, 2.24) is 10.2 Å². The molecule has 1 unspecified atom stereocenters. The molecule has 5 nitrogen and oxygen atoms in total. The molecule has 1 atom stereocenters. The number of hydrogen-bond acceptors (Lipinski definition) is 3. The summed E-state index contributed by atoms with van der Waals surface area (Å²) in [6.45, 7) is 1.80. The van der Waals surface area contributed by atoms with Crippen LogP contribution in [0.4, 0.5) is 0 Å². The molecule has 0 saturated heterocycles. The standard InChI is InChI=1S/C7H10N2O3/c1-4(12-2)5-3-6(7(10)11)9-8-5/h3-4H,1-2H3,(H,8,9)(H,10,11). The van der Waals surface area contributed by atoms with Crippen LogP contribution in [0.5, 0.6) is 0 Å². The summed E-state index contributed by atoms with van der Waals surface area (Å²) in [5.74, 6) is -1.04. The second-order valence-electron chi connectivity index (χ2n) is 2.39. The summed E-state index contributed by atoms with van der Waals surface area (Å²) in [6.07, 6.45) is -0.161. The van der Waals surface area contributed by atoms with Crippen molar-refractivity contribution in [1.29, 1.82) is 0 Å². The van der Waals surface area contributed by atoms with Gasteiger partial charge in [0.1, 0.15) is 0 Å². The number of nitrogens with one attached hydrogen (secondary N) is 1. The number of hydrogen-bond donors (Lipinski definition) is 2. The zero-order chi connectivity index (χ0) is 9.14. The van der Waals surface area contributed by atoms with E-state index in [0.29, 0.717) is 5.69 Å². The molecule has 1 rings (SSSR count). The predicted molar refractivity (Wildman–Crippen MR) is 41.0 cm³/mol. The van der Waals surface area contributed by atoms with Crippen LogP contribution in [0.3, 0.4) is 0 Å². The van der Waals surface area contributed by atoms with E-state index in [1.807, 2.05) is 0 Å². The summed E-state index contributed by atoms with van der Waals surface area (Å²) < 4.78 is 4.97. The van der Waals surface area contributed by atoms with Crippen molar-refractivity contribution >= 4 is 5.97 Å². The van der Waals surface area contributed by atoms with E-state index in [4.69, 9.17) is 9.84 Å². The number of nitrogens with zero attached hydrogens (tertiary/aromatic N) is 1. The molecule has 0 amide bonds. The third kappa shape index (κ3) is 1.62. The molecule has 0 aromatic carbocycles. The van der Waals surface area contributed by atoms with Gasteiger partial charge in [-0.15, -0.1) is 0 Å². The molecule has 0 bridgehead atoms. The molecule has 0 aliphatic heterocycles. The minimum Gasteiger partial charge on any atom is -0.476 e. The van der Waals surface area contributed by atoms with Gasteiger partial charge in [-0.25, -0.2) is 4.79 Å². The first-order valence-electron chi connectivity index (χ1n) is 3.46. The molecule has 0 aliphatic carbocycles. The summed E-state index contributed by atoms with van der Waals surface area (Å²) >= 11 is 0. The number of carboxylic acid groups (broad SMARTS) is 1. The van der Waals surface area contributed by atoms with Crippen molar-refractivity contribution in [3.8, 4) is 0 Å². The lowest BCUT2D eigenvalue weighted by Crippen LogP contribution is -1.96. The maximum absolute atomic E-state index is 10.4. The Balaban J connectivity index is 2.84. The summed E-state index contributed by atoms with van der Waals surface area (Å²) in [7, 11) is 1.55. The third-order valence-electron chi connectivity index (χ3n) is 1.61. The molecule has 2 N–H and O–H groups in total. The van der Waals surface area contributed by atoms with Crippen molar-refractivity contribution < 1.29 is 14.6 Å². The van der Waals surface area contributed by atoms with E-state index in [1.165, 1.54) is 6.07 Å². The molecule has 1 heterocycles. The van der Waals surface area contributed by atoms with Crippen LogP contribution in [0.15, 0.2) is 6.07 Å². The van der Waals surface area contributed by atoms with Gasteiger partial charge in [0.25, 0.3) is 0 Å². The zero-order valence-corrected chi connectivity index (χ0v) is 6.87. The van der Waals surface area contributed by atoms with E-state index in [1.54, 1.807) is 14.0 Å². The summed E-state index contributed by atoms with van der Waals surface area (Å²) in [5, 5.41) is 14.7. The lowest BCUT2D eigenvalue weighted by Gasteiger charge is -2.03. The van der Waals surface area contributed by atoms with Gasteiger partial charge in [0.05, 0.1) is 11.8 Å². The molecule has 0 spiro atoms. The molecule has 0 fully saturated rings. The Morgan fingerprint density at radius 3 is 2.92 bits per heavy atom. The highest BCUT2D eigenvalue weighted by atomic mass is 16.5. The molecule has 1 aromatic rings. The average Bonchev–Trinajstić information content (AvgIpc) is 2.51. The van der Waals surface area contributed by atoms with Crippen molar-refractivity contribution in [2.75, 3.05) is 7.11 Å². The molecule has 5 heteroatoms. The first kappa shape index (κ1) is 8.73. The van der Waals surface area contributed by atoms with Gasteiger partial charge in [-0.05, 0) is 13.0 Å². The van der Waals surface area contributed by atoms with Gasteiger partial charge in [0.2, 0.25) is 0 Å². The fourth-order valence-corrected chi connectivity index (χ4v) is 0.781. The summed E-state index contributed by atoms with van der Waals surface area (Å²) in [5.41, 5.74) is 0.670. The van der Waals surface area contributed by atoms with Gasteiger partial charge in [0.15, 0.2) is 5.69 Å². The zero-order valence-electron chi connectivity index (χ0n) is 6.87. The number of carbonyl (C=O) groups is 1. The van der Waals surface area contributed by atoms with Crippen LogP contribution in [-0.2, 0) is 4.74 Å². The highest BCUT2D eigenvalue weighted by molar-refractivity contribution is 5.85. The molecular formula is C7H10N2O3. The fraction of sp³-hybridized carbons (Fsp3) is 0.429. The smallest absolute Gasteiger partial charge is 0.356 e. The second-order valence-corrected chi connectivity index (χ2v) is 2.39. The van der Waals surface area contributed by atoms with Gasteiger partial charge in [0, 0.05) is 7.11 Å². The van der Waals surface area contributed by atoms with Crippen LogP contribution in [-0.4, -0.2) is 28.4 Å². The molecule has 12 heavy (non-hydrogen) atoms. The highest BCUT2D eigenvalue weighted by Crippen LogP contribution is 2.13. The number of aromatic amines is 1. The fourth-order valence-electron chi connectivity index (χ4n) is 0.781. The molecule has 0 aliphatic rings. The van der Waals surface area contributed by atoms with Crippen LogP contribution >= 0.6 is 0 Å². The van der Waals surface area contributed by atoms with Gasteiger partial charge < -0.3 is 9.84 Å². The van der Waals surface area contributed by atoms with Crippen LogP contribution < -0.4 is 0 Å². The van der Waals surface area contributed by atoms with Crippen molar-refractivity contribution in [2.24, 2.45) is 0 Å². The van der Waals surface area contributed by atoms with E-state index in [-0.39, 0.29) is 11.8 Å². The van der Waals surface area contributed by atoms with E-state index in [9.17, 15) is 4.79 Å². The number of rotatable bonds is 3. The SMILES string of the molecule is COC(C)c1cc(C(=O)O)n[nH]1. The monoisotopic (exact) mass is 170 g/mol. The predicted octanol–water partition coefficient (Wildman–Crippen LogP) is 0.815. The van der Waals surface area contributed by atoms with Crippen LogP contribution in [0.25, 0.3) is 0 Å². The Labute approximate surface area is 69.4 Å². The van der Waals surface area contributed by atoms with Crippen LogP contribution in [0, 0.1) is 0 Å². The first-order valence-corrected chi connectivity index (χ1v) is 3.46. The van der Waals surface area contributed by atoms with Gasteiger partial charge >= 0.3 is 5.97 Å². The quantitative estimate of drug-likeness (QED) is 0.704. The van der Waals surface area contributed by atoms with Crippen molar-refractivity contribution in [2.45, 2.75) is 13.0 Å². The number of methoxy groups -OCH3 is 1. The number of aromatic carboxylic acids is 1. The third-order valence-corrected chi connectivity index (χ3v) is 1.61. The van der Waals surface area contributed by atoms with Crippen molar-refractivity contribution in [3.05, 3.63) is 17.5 Å². The topological polar surface area (TPSA) is 75.2 Å². The molecule has 0 saturated carbocycles. The lowest BCUT2D eigenvalue weighted by molar-refractivity contribution is 0.0690. The highest BCUT2D eigenvalue weighted by Gasteiger charge is 2.11. The van der Waals surface area contributed by atoms with Gasteiger partial charge in [-0.1, -0.05) is 0 Å². The van der Waals surface area contributed by atoms with Crippen LogP contribution in [0.2, 0.25) is 0 Å². The Morgan fingerprint density at radius 2 is 2.50 bits per heavy atom. The average molecular weight is 170 g/mol. The maximum Gasteiger partial charge on any atom is 0.356 e. The lowest BCUT2D eigenvalue weighted by atomic mass is 10.2. The first-order chi connectivity index (χ1) is 5.65. The maximum atomic E-state index is 10.4. The van der Waals surface area contributed by atoms with E-state index < -0.39 is 5.97 Å². The van der Waals surface area contributed by atoms with Gasteiger partial charge in [-0.2, -0.15) is 5.10 Å². The second kappa shape index (κ2) is 3.36. The minimum absolute atomic E-state index is 0.00824. The molecular weight excluding hydrogens is 160 g/mol. The minimum atomic E-state index is -1.04. The van der Waals surface area contributed by atoms with Crippen molar-refractivity contribution in [3.63, 3.8) is 0 Å². The number of H-pyrrole nitrogens is 1. The normalized spacial score (nSPS) is 12.8. The Bertz CT molecular complexity index is 282. The Hall–Kier alpha value is -1.36. The Kier molecular flexibility index (Phi) is 2.44. The summed E-state index contributed by atoms with van der Waals surface area (Å²) in [4.78, 5) is 10.4. The van der Waals surface area contributed by atoms with E-state index in [2.05, 4.69) is 10.2 Å².